The first-order valence-electron chi connectivity index (χ1n) is 6.04. The molecule has 3 aromatic rings. The lowest BCUT2D eigenvalue weighted by Gasteiger charge is -2.10. The predicted octanol–water partition coefficient (Wildman–Crippen LogP) is 4.42. The minimum atomic E-state index is -4.48. The Labute approximate surface area is 126 Å². The van der Waals surface area contributed by atoms with Crippen LogP contribution < -0.4 is 0 Å². The van der Waals surface area contributed by atoms with Gasteiger partial charge in [-0.2, -0.15) is 18.3 Å². The van der Waals surface area contributed by atoms with Gasteiger partial charge in [-0.25, -0.2) is 4.98 Å². The monoisotopic (exact) mass is 355 g/mol. The van der Waals surface area contributed by atoms with Crippen molar-refractivity contribution < 1.29 is 13.2 Å². The van der Waals surface area contributed by atoms with Gasteiger partial charge in [0.1, 0.15) is 4.60 Å². The second-order valence-corrected chi connectivity index (χ2v) is 5.34. The Morgan fingerprint density at radius 1 is 1.14 bits per heavy atom. The van der Waals surface area contributed by atoms with Crippen LogP contribution in [-0.2, 0) is 13.2 Å². The molecule has 0 aliphatic carbocycles. The van der Waals surface area contributed by atoms with Crippen LogP contribution in [0.2, 0.25) is 0 Å². The number of fused-ring (bicyclic) bond motifs is 1. The number of aryl methyl sites for hydroxylation is 1. The van der Waals surface area contributed by atoms with Crippen LogP contribution in [0.5, 0.6) is 0 Å². The van der Waals surface area contributed by atoms with E-state index in [1.807, 2.05) is 6.07 Å². The topological polar surface area (TPSA) is 30.7 Å². The molecule has 0 aliphatic rings. The number of benzene rings is 1. The third-order valence-electron chi connectivity index (χ3n) is 3.13. The average Bonchev–Trinajstić information content (AvgIpc) is 2.73. The summed E-state index contributed by atoms with van der Waals surface area (Å²) >= 11 is 3.01. The molecule has 2 heterocycles. The van der Waals surface area contributed by atoms with Gasteiger partial charge in [-0.1, -0.05) is 30.3 Å². The summed E-state index contributed by atoms with van der Waals surface area (Å²) in [5.74, 6) is 0. The summed E-state index contributed by atoms with van der Waals surface area (Å²) < 4.78 is 41.5. The number of rotatable bonds is 1. The Hall–Kier alpha value is -1.89. The molecule has 3 nitrogen and oxygen atoms in total. The fourth-order valence-electron chi connectivity index (χ4n) is 2.31. The van der Waals surface area contributed by atoms with Crippen molar-refractivity contribution in [2.75, 3.05) is 0 Å². The Morgan fingerprint density at radius 2 is 1.81 bits per heavy atom. The molecule has 0 fully saturated rings. The number of hydrogen-bond acceptors (Lipinski definition) is 2. The summed E-state index contributed by atoms with van der Waals surface area (Å²) in [6, 6.07) is 9.83. The molecule has 0 amide bonds. The first-order chi connectivity index (χ1) is 9.88. The second-order valence-electron chi connectivity index (χ2n) is 4.53. The van der Waals surface area contributed by atoms with Crippen LogP contribution in [0.3, 0.4) is 0 Å². The summed E-state index contributed by atoms with van der Waals surface area (Å²) in [6.07, 6.45) is -4.48. The van der Waals surface area contributed by atoms with Gasteiger partial charge in [-0.15, -0.1) is 0 Å². The van der Waals surface area contributed by atoms with Crippen molar-refractivity contribution in [2.24, 2.45) is 7.05 Å². The van der Waals surface area contributed by atoms with Gasteiger partial charge in [-0.3, -0.25) is 4.68 Å². The highest BCUT2D eigenvalue weighted by Crippen LogP contribution is 2.39. The standard InChI is InChI=1S/C14H9BrF3N3/c1-21-12(8-5-3-2-4-6-8)11-9(14(16,17)18)7-10(15)19-13(11)20-21/h2-7H,1H3. The van der Waals surface area contributed by atoms with E-state index in [9.17, 15) is 13.2 Å². The average molecular weight is 356 g/mol. The van der Waals surface area contributed by atoms with Crippen molar-refractivity contribution in [3.63, 3.8) is 0 Å². The Balaban J connectivity index is 2.43. The number of alkyl halides is 3. The molecule has 0 saturated heterocycles. The summed E-state index contributed by atoms with van der Waals surface area (Å²) in [4.78, 5) is 4.04. The van der Waals surface area contributed by atoms with Gasteiger partial charge < -0.3 is 0 Å². The minimum absolute atomic E-state index is 0.0133. The maximum absolute atomic E-state index is 13.3. The Morgan fingerprint density at radius 3 is 2.43 bits per heavy atom. The van der Waals surface area contributed by atoms with Crippen LogP contribution in [0, 0.1) is 0 Å². The van der Waals surface area contributed by atoms with Crippen LogP contribution in [0.25, 0.3) is 22.3 Å². The largest absolute Gasteiger partial charge is 0.417 e. The van der Waals surface area contributed by atoms with Crippen molar-refractivity contribution in [1.82, 2.24) is 14.8 Å². The zero-order valence-corrected chi connectivity index (χ0v) is 12.4. The molecular weight excluding hydrogens is 347 g/mol. The van der Waals surface area contributed by atoms with Crippen molar-refractivity contribution in [3.05, 3.63) is 46.6 Å². The molecule has 0 unspecified atom stereocenters. The molecule has 0 bridgehead atoms. The van der Waals surface area contributed by atoms with Gasteiger partial charge >= 0.3 is 6.18 Å². The molecule has 0 saturated carbocycles. The van der Waals surface area contributed by atoms with E-state index in [1.54, 1.807) is 31.3 Å². The van der Waals surface area contributed by atoms with Gasteiger partial charge in [0, 0.05) is 12.6 Å². The number of halogens is 4. The van der Waals surface area contributed by atoms with E-state index >= 15 is 0 Å². The van der Waals surface area contributed by atoms with Crippen molar-refractivity contribution in [3.8, 4) is 11.3 Å². The maximum atomic E-state index is 13.3. The lowest BCUT2D eigenvalue weighted by atomic mass is 10.0. The second kappa shape index (κ2) is 4.84. The van der Waals surface area contributed by atoms with Crippen molar-refractivity contribution in [2.45, 2.75) is 6.18 Å². The fraction of sp³-hybridized carbons (Fsp3) is 0.143. The van der Waals surface area contributed by atoms with Crippen LogP contribution >= 0.6 is 15.9 Å². The predicted molar refractivity (Wildman–Crippen MR) is 76.6 cm³/mol. The van der Waals surface area contributed by atoms with E-state index in [-0.39, 0.29) is 15.6 Å². The highest BCUT2D eigenvalue weighted by atomic mass is 79.9. The van der Waals surface area contributed by atoms with E-state index in [0.29, 0.717) is 11.3 Å². The van der Waals surface area contributed by atoms with Gasteiger partial charge in [-0.05, 0) is 22.0 Å². The molecule has 7 heteroatoms. The summed E-state index contributed by atoms with van der Waals surface area (Å²) in [6.45, 7) is 0. The molecule has 0 N–H and O–H groups in total. The van der Waals surface area contributed by atoms with Crippen LogP contribution in [0.1, 0.15) is 5.56 Å². The maximum Gasteiger partial charge on any atom is 0.417 e. The SMILES string of the molecule is Cn1nc2nc(Br)cc(C(F)(F)F)c2c1-c1ccccc1. The zero-order valence-electron chi connectivity index (χ0n) is 10.8. The molecule has 0 radical (unpaired) electrons. The smallest absolute Gasteiger partial charge is 0.265 e. The van der Waals surface area contributed by atoms with Gasteiger partial charge in [0.25, 0.3) is 0 Å². The first kappa shape index (κ1) is 14.1. The molecule has 1 aromatic carbocycles. The van der Waals surface area contributed by atoms with Crippen molar-refractivity contribution in [1.29, 1.82) is 0 Å². The molecule has 0 aliphatic heterocycles. The fourth-order valence-corrected chi connectivity index (χ4v) is 2.71. The Kier molecular flexibility index (Phi) is 3.24. The summed E-state index contributed by atoms with van der Waals surface area (Å²) in [5, 5.41) is 4.11. The highest BCUT2D eigenvalue weighted by molar-refractivity contribution is 9.10. The van der Waals surface area contributed by atoms with E-state index in [2.05, 4.69) is 26.0 Å². The van der Waals surface area contributed by atoms with Gasteiger partial charge in [0.15, 0.2) is 5.65 Å². The molecule has 2 aromatic heterocycles. The van der Waals surface area contributed by atoms with Crippen molar-refractivity contribution >= 4 is 27.0 Å². The van der Waals surface area contributed by atoms with Gasteiger partial charge in [0.2, 0.25) is 0 Å². The number of aromatic nitrogens is 3. The number of pyridine rings is 1. The third-order valence-corrected chi connectivity index (χ3v) is 3.53. The van der Waals surface area contributed by atoms with Crippen LogP contribution in [0.15, 0.2) is 41.0 Å². The van der Waals surface area contributed by atoms with Gasteiger partial charge in [0.05, 0.1) is 16.6 Å². The van der Waals surface area contributed by atoms with E-state index in [0.717, 1.165) is 6.07 Å². The molecule has 3 rings (SSSR count). The van der Waals surface area contributed by atoms with E-state index in [4.69, 9.17) is 0 Å². The zero-order chi connectivity index (χ0) is 15.2. The third kappa shape index (κ3) is 2.42. The molecule has 0 spiro atoms. The molecule has 21 heavy (non-hydrogen) atoms. The lowest BCUT2D eigenvalue weighted by Crippen LogP contribution is -2.06. The van der Waals surface area contributed by atoms with Crippen LogP contribution in [-0.4, -0.2) is 14.8 Å². The summed E-state index contributed by atoms with van der Waals surface area (Å²) in [7, 11) is 1.61. The van der Waals surface area contributed by atoms with E-state index < -0.39 is 11.7 Å². The van der Waals surface area contributed by atoms with E-state index in [1.165, 1.54) is 4.68 Å². The number of hydrogen-bond donors (Lipinski definition) is 0. The highest BCUT2D eigenvalue weighted by Gasteiger charge is 2.35. The quantitative estimate of drug-likeness (QED) is 0.605. The lowest BCUT2D eigenvalue weighted by molar-refractivity contribution is -0.136. The minimum Gasteiger partial charge on any atom is -0.265 e. The number of nitrogens with zero attached hydrogens (tertiary/aromatic N) is 3. The molecule has 108 valence electrons. The molecule has 0 atom stereocenters. The first-order valence-corrected chi connectivity index (χ1v) is 6.83. The Bertz CT molecular complexity index is 810. The molecular formula is C14H9BrF3N3. The summed E-state index contributed by atoms with van der Waals surface area (Å²) in [5.41, 5.74) is 0.388. The van der Waals surface area contributed by atoms with Crippen LogP contribution in [0.4, 0.5) is 13.2 Å². The normalized spacial score (nSPS) is 12.0.